The Morgan fingerprint density at radius 3 is 2.64 bits per heavy atom. The van der Waals surface area contributed by atoms with Gasteiger partial charge < -0.3 is 9.84 Å². The molecule has 1 amide bonds. The molecule has 0 saturated carbocycles. The maximum absolute atomic E-state index is 12.1. The van der Waals surface area contributed by atoms with Crippen LogP contribution in [0.1, 0.15) is 11.1 Å². The minimum absolute atomic E-state index is 0.129. The Morgan fingerprint density at radius 2 is 1.96 bits per heavy atom. The van der Waals surface area contributed by atoms with Crippen molar-refractivity contribution in [2.24, 2.45) is 10.2 Å². The highest BCUT2D eigenvalue weighted by Gasteiger charge is 2.16. The molecule has 3 rings (SSSR count). The molecular weight excluding hydrogens is 422 g/mol. The number of hydrogen-bond acceptors (Lipinski definition) is 4. The number of hydrogen-bond donors (Lipinski definition) is 1. The second-order valence-corrected chi connectivity index (χ2v) is 7.15. The van der Waals surface area contributed by atoms with Crippen LogP contribution < -0.4 is 4.74 Å². The lowest BCUT2D eigenvalue weighted by Crippen LogP contribution is -2.09. The van der Waals surface area contributed by atoms with Gasteiger partial charge in [0.25, 0.3) is 0 Å². The predicted molar refractivity (Wildman–Crippen MR) is 111 cm³/mol. The van der Waals surface area contributed by atoms with Crippen LogP contribution in [0.25, 0.3) is 10.9 Å². The van der Waals surface area contributed by atoms with Crippen LogP contribution in [0.2, 0.25) is 0 Å². The van der Waals surface area contributed by atoms with Crippen molar-refractivity contribution in [3.8, 4) is 24.0 Å². The molecule has 0 atom stereocenters. The molecule has 1 heterocycles. The normalized spacial score (nSPS) is 11.1. The van der Waals surface area contributed by atoms with Crippen LogP contribution in [-0.4, -0.2) is 22.2 Å². The van der Waals surface area contributed by atoms with E-state index in [0.717, 1.165) is 21.1 Å². The zero-order valence-corrected chi connectivity index (χ0v) is 17.0. The Hall–Kier alpha value is -3.11. The number of terminal acetylenes is 1. The fourth-order valence-electron chi connectivity index (χ4n) is 3.02. The number of carbonyl (C=O) groups excluding carboxylic acids is 1. The number of rotatable bonds is 5. The van der Waals surface area contributed by atoms with E-state index < -0.39 is 5.91 Å². The van der Waals surface area contributed by atoms with Gasteiger partial charge in [0.1, 0.15) is 5.75 Å². The molecule has 0 aliphatic carbocycles. The maximum atomic E-state index is 12.1. The minimum atomic E-state index is -0.560. The second kappa shape index (κ2) is 8.28. The molecule has 0 saturated heterocycles. The van der Waals surface area contributed by atoms with Gasteiger partial charge in [-0.15, -0.1) is 16.7 Å². The van der Waals surface area contributed by atoms with E-state index in [1.807, 2.05) is 44.2 Å². The van der Waals surface area contributed by atoms with Crippen molar-refractivity contribution >= 4 is 38.4 Å². The lowest BCUT2D eigenvalue weighted by atomic mass is 10.1. The number of aryl methyl sites for hydroxylation is 2. The van der Waals surface area contributed by atoms with Crippen LogP contribution in [-0.2, 0) is 11.3 Å². The average Bonchev–Trinajstić information content (AvgIpc) is 2.91. The number of amides is 1. The summed E-state index contributed by atoms with van der Waals surface area (Å²) in [4.78, 5) is 12.1. The number of ether oxygens (including phenoxy) is 1. The number of benzene rings is 2. The minimum Gasteiger partial charge on any atom is -0.493 e. The van der Waals surface area contributed by atoms with E-state index in [1.54, 1.807) is 10.6 Å². The Balaban J connectivity index is 1.80. The third-order valence-electron chi connectivity index (χ3n) is 4.19. The number of aromatic nitrogens is 1. The molecule has 0 unspecified atom stereocenters. The van der Waals surface area contributed by atoms with Gasteiger partial charge in [-0.3, -0.25) is 9.36 Å². The molecule has 142 valence electrons. The summed E-state index contributed by atoms with van der Waals surface area (Å²) in [5.41, 5.74) is 2.74. The van der Waals surface area contributed by atoms with E-state index in [1.165, 1.54) is 0 Å². The predicted octanol–water partition coefficient (Wildman–Crippen LogP) is 5.05. The molecule has 0 radical (unpaired) electrons. The molecule has 1 N–H and O–H groups in total. The Kier molecular flexibility index (Phi) is 5.81. The van der Waals surface area contributed by atoms with E-state index in [2.05, 4.69) is 32.1 Å². The molecule has 0 aliphatic rings. The molecule has 0 aliphatic heterocycles. The van der Waals surface area contributed by atoms with Crippen LogP contribution in [0.3, 0.4) is 0 Å². The smallest absolute Gasteiger partial charge is 0.302 e. The molecule has 0 bridgehead atoms. The summed E-state index contributed by atoms with van der Waals surface area (Å²) in [6, 6.07) is 11.1. The van der Waals surface area contributed by atoms with Gasteiger partial charge in [0.2, 0.25) is 5.88 Å². The summed E-state index contributed by atoms with van der Waals surface area (Å²) in [7, 11) is 0. The summed E-state index contributed by atoms with van der Waals surface area (Å²) < 4.78 is 8.10. The number of para-hydroxylation sites is 1. The monoisotopic (exact) mass is 439 g/mol. The van der Waals surface area contributed by atoms with Crippen LogP contribution in [0.4, 0.5) is 5.69 Å². The van der Waals surface area contributed by atoms with Crippen LogP contribution in [0.15, 0.2) is 51.1 Å². The van der Waals surface area contributed by atoms with Crippen LogP contribution in [0, 0.1) is 26.2 Å². The van der Waals surface area contributed by atoms with E-state index in [0.29, 0.717) is 11.1 Å². The van der Waals surface area contributed by atoms with Crippen molar-refractivity contribution < 1.29 is 14.6 Å². The lowest BCUT2D eigenvalue weighted by molar-refractivity contribution is -0.120. The highest BCUT2D eigenvalue weighted by Crippen LogP contribution is 2.38. The van der Waals surface area contributed by atoms with E-state index in [4.69, 9.17) is 11.2 Å². The number of fused-ring (bicyclic) bond motifs is 1. The van der Waals surface area contributed by atoms with Gasteiger partial charge in [-0.1, -0.05) is 40.0 Å². The average molecular weight is 440 g/mol. The standard InChI is InChI=1S/C21H18BrN3O3/c1-4-9-25-17-8-6-5-7-16(17)19(21(25)27)24-23-18(26)12-28-20-13(2)10-15(22)11-14(20)3/h1,5-8,10-11,27H,9,12H2,2-3H3. The van der Waals surface area contributed by atoms with Gasteiger partial charge in [0, 0.05) is 9.86 Å². The molecule has 1 aromatic heterocycles. The lowest BCUT2D eigenvalue weighted by Gasteiger charge is -2.10. The summed E-state index contributed by atoms with van der Waals surface area (Å²) >= 11 is 3.42. The summed E-state index contributed by atoms with van der Waals surface area (Å²) in [5, 5.41) is 18.7. The first kappa shape index (κ1) is 19.6. The van der Waals surface area contributed by atoms with Crippen molar-refractivity contribution in [1.29, 1.82) is 0 Å². The number of carbonyl (C=O) groups is 1. The van der Waals surface area contributed by atoms with E-state index in [9.17, 15) is 9.90 Å². The van der Waals surface area contributed by atoms with Crippen LogP contribution >= 0.6 is 15.9 Å². The molecule has 0 fully saturated rings. The first-order chi connectivity index (χ1) is 13.4. The molecule has 7 heteroatoms. The third kappa shape index (κ3) is 3.92. The fourth-order valence-corrected chi connectivity index (χ4v) is 3.70. The maximum Gasteiger partial charge on any atom is 0.302 e. The van der Waals surface area contributed by atoms with Crippen molar-refractivity contribution in [2.75, 3.05) is 6.61 Å². The third-order valence-corrected chi connectivity index (χ3v) is 4.65. The number of azo groups is 1. The van der Waals surface area contributed by atoms with Crippen LogP contribution in [0.5, 0.6) is 11.6 Å². The van der Waals surface area contributed by atoms with E-state index in [-0.39, 0.29) is 24.7 Å². The quantitative estimate of drug-likeness (QED) is 0.446. The van der Waals surface area contributed by atoms with Gasteiger partial charge in [0.15, 0.2) is 12.3 Å². The van der Waals surface area contributed by atoms with Gasteiger partial charge >= 0.3 is 5.91 Å². The summed E-state index contributed by atoms with van der Waals surface area (Å²) in [6.07, 6.45) is 5.37. The zero-order chi connectivity index (χ0) is 20.3. The van der Waals surface area contributed by atoms with Gasteiger partial charge in [-0.05, 0) is 43.2 Å². The molecule has 3 aromatic rings. The first-order valence-corrected chi connectivity index (χ1v) is 9.29. The Bertz CT molecular complexity index is 1100. The summed E-state index contributed by atoms with van der Waals surface area (Å²) in [6.45, 7) is 3.73. The molecule has 28 heavy (non-hydrogen) atoms. The van der Waals surface area contributed by atoms with Crippen molar-refractivity contribution in [2.45, 2.75) is 20.4 Å². The SMILES string of the molecule is C#CCn1c(O)c(N=NC(=O)COc2c(C)cc(Br)cc2C)c2ccccc21. The first-order valence-electron chi connectivity index (χ1n) is 8.50. The van der Waals surface area contributed by atoms with Gasteiger partial charge in [0.05, 0.1) is 12.1 Å². The van der Waals surface area contributed by atoms with Gasteiger partial charge in [-0.25, -0.2) is 0 Å². The number of halogens is 1. The van der Waals surface area contributed by atoms with Crippen molar-refractivity contribution in [1.82, 2.24) is 4.57 Å². The Morgan fingerprint density at radius 1 is 1.29 bits per heavy atom. The molecule has 2 aromatic carbocycles. The molecule has 0 spiro atoms. The topological polar surface area (TPSA) is 76.2 Å². The van der Waals surface area contributed by atoms with E-state index >= 15 is 0 Å². The fraction of sp³-hybridized carbons (Fsp3) is 0.190. The number of nitrogens with zero attached hydrogens (tertiary/aromatic N) is 3. The van der Waals surface area contributed by atoms with Gasteiger partial charge in [-0.2, -0.15) is 0 Å². The summed E-state index contributed by atoms with van der Waals surface area (Å²) in [5.74, 6) is 2.44. The molecule has 6 nitrogen and oxygen atoms in total. The van der Waals surface area contributed by atoms with Crippen molar-refractivity contribution in [3.05, 3.63) is 52.0 Å². The Labute approximate surface area is 171 Å². The highest BCUT2D eigenvalue weighted by molar-refractivity contribution is 9.10. The largest absolute Gasteiger partial charge is 0.493 e. The second-order valence-electron chi connectivity index (χ2n) is 6.23. The number of aromatic hydroxyl groups is 1. The molecular formula is C21H18BrN3O3. The zero-order valence-electron chi connectivity index (χ0n) is 15.4. The highest BCUT2D eigenvalue weighted by atomic mass is 79.9. The van der Waals surface area contributed by atoms with Crippen molar-refractivity contribution in [3.63, 3.8) is 0 Å².